The summed E-state index contributed by atoms with van der Waals surface area (Å²) in [5.41, 5.74) is 4.67. The van der Waals surface area contributed by atoms with Crippen molar-refractivity contribution in [2.75, 3.05) is 19.6 Å². The number of piperidine rings is 1. The highest BCUT2D eigenvalue weighted by Crippen LogP contribution is 2.43. The molecule has 2 aliphatic rings. The van der Waals surface area contributed by atoms with Gasteiger partial charge in [-0.05, 0) is 45.4 Å². The maximum absolute atomic E-state index is 12.7. The maximum atomic E-state index is 12.7. The number of hydrogen-bond donors (Lipinski definition) is 2. The lowest BCUT2D eigenvalue weighted by Crippen LogP contribution is -2.55. The van der Waals surface area contributed by atoms with E-state index in [9.17, 15) is 14.7 Å². The van der Waals surface area contributed by atoms with Gasteiger partial charge >= 0.3 is 5.97 Å². The van der Waals surface area contributed by atoms with Gasteiger partial charge in [0.2, 0.25) is 5.91 Å². The molecule has 20 heavy (non-hydrogen) atoms. The van der Waals surface area contributed by atoms with Gasteiger partial charge in [-0.3, -0.25) is 9.59 Å². The van der Waals surface area contributed by atoms with Crippen LogP contribution in [0.3, 0.4) is 0 Å². The minimum absolute atomic E-state index is 0.0209. The molecule has 0 spiro atoms. The third kappa shape index (κ3) is 2.43. The van der Waals surface area contributed by atoms with E-state index in [1.54, 1.807) is 13.8 Å². The van der Waals surface area contributed by atoms with Crippen molar-refractivity contribution in [3.05, 3.63) is 0 Å². The molecule has 0 aromatic carbocycles. The van der Waals surface area contributed by atoms with Crippen LogP contribution in [0.4, 0.5) is 0 Å². The standard InChI is InChI=1S/C15H26N2O3/c1-14(2,13(19)20)11-5-3-8-17(9-11)12(18)15(10-16)6-4-7-15/h11H,3-10,16H2,1-2H3,(H,19,20). The van der Waals surface area contributed by atoms with Crippen molar-refractivity contribution in [2.45, 2.75) is 46.0 Å². The first-order chi connectivity index (χ1) is 9.33. The van der Waals surface area contributed by atoms with Crippen molar-refractivity contribution >= 4 is 11.9 Å². The SMILES string of the molecule is CC(C)(C(=O)O)C1CCCN(C(=O)C2(CN)CCC2)C1. The van der Waals surface area contributed by atoms with E-state index in [0.717, 1.165) is 38.6 Å². The topological polar surface area (TPSA) is 83.6 Å². The molecule has 0 bridgehead atoms. The number of carbonyl (C=O) groups excluding carboxylic acids is 1. The molecule has 1 atom stereocenters. The zero-order chi connectivity index (χ0) is 15.0. The Hall–Kier alpha value is -1.10. The van der Waals surface area contributed by atoms with Gasteiger partial charge in [0.1, 0.15) is 0 Å². The van der Waals surface area contributed by atoms with Crippen LogP contribution in [0.15, 0.2) is 0 Å². The number of carboxylic acid groups (broad SMARTS) is 1. The quantitative estimate of drug-likeness (QED) is 0.817. The van der Waals surface area contributed by atoms with Crippen LogP contribution >= 0.6 is 0 Å². The van der Waals surface area contributed by atoms with Gasteiger partial charge in [0.05, 0.1) is 10.8 Å². The average molecular weight is 282 g/mol. The van der Waals surface area contributed by atoms with Crippen molar-refractivity contribution in [2.24, 2.45) is 22.5 Å². The summed E-state index contributed by atoms with van der Waals surface area (Å²) in [6, 6.07) is 0. The lowest BCUT2D eigenvalue weighted by atomic mass is 9.67. The normalized spacial score (nSPS) is 25.9. The predicted molar refractivity (Wildman–Crippen MR) is 76.1 cm³/mol. The molecular weight excluding hydrogens is 256 g/mol. The molecule has 2 fully saturated rings. The molecular formula is C15H26N2O3. The minimum Gasteiger partial charge on any atom is -0.481 e. The average Bonchev–Trinajstić information content (AvgIpc) is 2.38. The molecule has 1 aliphatic carbocycles. The summed E-state index contributed by atoms with van der Waals surface area (Å²) in [4.78, 5) is 25.9. The van der Waals surface area contributed by atoms with Gasteiger partial charge in [0.15, 0.2) is 0 Å². The van der Waals surface area contributed by atoms with Crippen LogP contribution in [0.25, 0.3) is 0 Å². The zero-order valence-electron chi connectivity index (χ0n) is 12.5. The van der Waals surface area contributed by atoms with Gasteiger partial charge in [0, 0.05) is 19.6 Å². The molecule has 1 unspecified atom stereocenters. The number of likely N-dealkylation sites (tertiary alicyclic amines) is 1. The maximum Gasteiger partial charge on any atom is 0.309 e. The van der Waals surface area contributed by atoms with Gasteiger partial charge in [-0.2, -0.15) is 0 Å². The molecule has 1 saturated carbocycles. The fraction of sp³-hybridized carbons (Fsp3) is 0.867. The van der Waals surface area contributed by atoms with Crippen LogP contribution in [0.5, 0.6) is 0 Å². The molecule has 0 aromatic heterocycles. The van der Waals surface area contributed by atoms with Gasteiger partial charge < -0.3 is 15.7 Å². The molecule has 1 heterocycles. The molecule has 114 valence electrons. The first-order valence-electron chi connectivity index (χ1n) is 7.56. The summed E-state index contributed by atoms with van der Waals surface area (Å²) < 4.78 is 0. The Morgan fingerprint density at radius 3 is 2.45 bits per heavy atom. The summed E-state index contributed by atoms with van der Waals surface area (Å²) >= 11 is 0. The molecule has 1 amide bonds. The first-order valence-corrected chi connectivity index (χ1v) is 7.56. The highest BCUT2D eigenvalue weighted by Gasteiger charge is 2.47. The third-order valence-corrected chi connectivity index (χ3v) is 5.44. The number of carbonyl (C=O) groups is 2. The second-order valence-electron chi connectivity index (χ2n) is 6.96. The van der Waals surface area contributed by atoms with Crippen LogP contribution in [-0.2, 0) is 9.59 Å². The molecule has 1 saturated heterocycles. The number of nitrogens with two attached hydrogens (primary N) is 1. The van der Waals surface area contributed by atoms with Gasteiger partial charge in [0.25, 0.3) is 0 Å². The number of rotatable bonds is 4. The monoisotopic (exact) mass is 282 g/mol. The minimum atomic E-state index is -0.783. The Labute approximate surface area is 120 Å². The molecule has 0 aromatic rings. The van der Waals surface area contributed by atoms with Crippen LogP contribution in [-0.4, -0.2) is 41.5 Å². The Balaban J connectivity index is 2.07. The van der Waals surface area contributed by atoms with Crippen LogP contribution in [0.2, 0.25) is 0 Å². The lowest BCUT2D eigenvalue weighted by Gasteiger charge is -2.46. The molecule has 2 rings (SSSR count). The number of aliphatic carboxylic acids is 1. The summed E-state index contributed by atoms with van der Waals surface area (Å²) in [6.07, 6.45) is 4.59. The van der Waals surface area contributed by atoms with Crippen molar-refractivity contribution < 1.29 is 14.7 Å². The van der Waals surface area contributed by atoms with E-state index in [4.69, 9.17) is 5.73 Å². The summed E-state index contributed by atoms with van der Waals surface area (Å²) in [5, 5.41) is 9.36. The van der Waals surface area contributed by atoms with E-state index in [-0.39, 0.29) is 17.2 Å². The second kappa shape index (κ2) is 5.35. The van der Waals surface area contributed by atoms with E-state index in [2.05, 4.69) is 0 Å². The number of carboxylic acids is 1. The summed E-state index contributed by atoms with van der Waals surface area (Å²) in [7, 11) is 0. The van der Waals surface area contributed by atoms with Crippen LogP contribution in [0, 0.1) is 16.7 Å². The molecule has 5 nitrogen and oxygen atoms in total. The lowest BCUT2D eigenvalue weighted by molar-refractivity contribution is -0.157. The largest absolute Gasteiger partial charge is 0.481 e. The summed E-state index contributed by atoms with van der Waals surface area (Å²) in [6.45, 7) is 5.23. The van der Waals surface area contributed by atoms with Crippen LogP contribution in [0.1, 0.15) is 46.0 Å². The van der Waals surface area contributed by atoms with Gasteiger partial charge in [-0.15, -0.1) is 0 Å². The smallest absolute Gasteiger partial charge is 0.309 e. The zero-order valence-corrected chi connectivity index (χ0v) is 12.5. The van der Waals surface area contributed by atoms with Gasteiger partial charge in [-0.1, -0.05) is 6.42 Å². The number of hydrogen-bond acceptors (Lipinski definition) is 3. The van der Waals surface area contributed by atoms with E-state index >= 15 is 0 Å². The first kappa shape index (κ1) is 15.3. The van der Waals surface area contributed by atoms with Crippen LogP contribution < -0.4 is 5.73 Å². The highest BCUT2D eigenvalue weighted by atomic mass is 16.4. The fourth-order valence-corrected chi connectivity index (χ4v) is 3.37. The Morgan fingerprint density at radius 1 is 1.35 bits per heavy atom. The summed E-state index contributed by atoms with van der Waals surface area (Å²) in [5.74, 6) is -0.612. The Bertz CT molecular complexity index is 396. The molecule has 5 heteroatoms. The van der Waals surface area contributed by atoms with Crippen molar-refractivity contribution in [3.63, 3.8) is 0 Å². The molecule has 0 radical (unpaired) electrons. The molecule has 3 N–H and O–H groups in total. The van der Waals surface area contributed by atoms with E-state index < -0.39 is 11.4 Å². The fourth-order valence-electron chi connectivity index (χ4n) is 3.37. The second-order valence-corrected chi connectivity index (χ2v) is 6.96. The van der Waals surface area contributed by atoms with Crippen molar-refractivity contribution in [1.82, 2.24) is 4.90 Å². The van der Waals surface area contributed by atoms with Gasteiger partial charge in [-0.25, -0.2) is 0 Å². The van der Waals surface area contributed by atoms with E-state index in [1.165, 1.54) is 0 Å². The molecule has 1 aliphatic heterocycles. The van der Waals surface area contributed by atoms with Crippen molar-refractivity contribution in [1.29, 1.82) is 0 Å². The highest BCUT2D eigenvalue weighted by molar-refractivity contribution is 5.84. The van der Waals surface area contributed by atoms with Crippen molar-refractivity contribution in [3.8, 4) is 0 Å². The third-order valence-electron chi connectivity index (χ3n) is 5.44. The predicted octanol–water partition coefficient (Wildman–Crippen LogP) is 1.46. The Kier molecular flexibility index (Phi) is 4.09. The number of nitrogens with zero attached hydrogens (tertiary/aromatic N) is 1. The number of amides is 1. The van der Waals surface area contributed by atoms with E-state index in [1.807, 2.05) is 4.90 Å². The van der Waals surface area contributed by atoms with E-state index in [0.29, 0.717) is 13.1 Å². The Morgan fingerprint density at radius 2 is 2.00 bits per heavy atom.